The van der Waals surface area contributed by atoms with Crippen molar-refractivity contribution in [1.29, 1.82) is 0 Å². The molecular formula is C20H33N3O2. The van der Waals surface area contributed by atoms with Crippen molar-refractivity contribution in [2.24, 2.45) is 5.92 Å². The van der Waals surface area contributed by atoms with Crippen molar-refractivity contribution in [2.75, 3.05) is 27.2 Å². The minimum absolute atomic E-state index is 0.0309. The molecule has 1 aromatic rings. The van der Waals surface area contributed by atoms with E-state index in [1.54, 1.807) is 19.0 Å². The lowest BCUT2D eigenvalue weighted by Gasteiger charge is -2.37. The fourth-order valence-corrected chi connectivity index (χ4v) is 4.12. The van der Waals surface area contributed by atoms with Crippen molar-refractivity contribution in [3.05, 3.63) is 23.5 Å². The van der Waals surface area contributed by atoms with Crippen LogP contribution < -0.4 is 0 Å². The van der Waals surface area contributed by atoms with Gasteiger partial charge in [0.2, 0.25) is 0 Å². The first-order valence-electron chi connectivity index (χ1n) is 9.78. The molecule has 1 saturated heterocycles. The van der Waals surface area contributed by atoms with Crippen LogP contribution in [0.4, 0.5) is 0 Å². The molecule has 0 unspecified atom stereocenters. The van der Waals surface area contributed by atoms with Gasteiger partial charge in [0.1, 0.15) is 5.69 Å². The van der Waals surface area contributed by atoms with E-state index in [-0.39, 0.29) is 5.91 Å². The topological polar surface area (TPSA) is 48.6 Å². The van der Waals surface area contributed by atoms with E-state index < -0.39 is 0 Å². The minimum Gasteiger partial charge on any atom is -0.377 e. The highest BCUT2D eigenvalue weighted by molar-refractivity contribution is 5.92. The van der Waals surface area contributed by atoms with Crippen molar-refractivity contribution in [3.63, 3.8) is 0 Å². The predicted molar refractivity (Wildman–Crippen MR) is 99.6 cm³/mol. The summed E-state index contributed by atoms with van der Waals surface area (Å²) in [5.74, 6) is 0.888. The van der Waals surface area contributed by atoms with E-state index in [9.17, 15) is 4.79 Å². The first-order valence-corrected chi connectivity index (χ1v) is 9.78. The van der Waals surface area contributed by atoms with Crippen LogP contribution in [0.15, 0.2) is 12.1 Å². The monoisotopic (exact) mass is 347 g/mol. The molecule has 1 aromatic heterocycles. The summed E-state index contributed by atoms with van der Waals surface area (Å²) in [4.78, 5) is 19.7. The van der Waals surface area contributed by atoms with Gasteiger partial charge in [-0.25, -0.2) is 0 Å². The SMILES string of the molecule is CC1CCC(N(Cc2ccc(C(=O)N(C)C)[nH]2)C[C@@H]2CCCO2)CC1. The second-order valence-corrected chi connectivity index (χ2v) is 8.07. The van der Waals surface area contributed by atoms with Gasteiger partial charge in [-0.3, -0.25) is 9.69 Å². The maximum Gasteiger partial charge on any atom is 0.269 e. The molecule has 1 aliphatic heterocycles. The van der Waals surface area contributed by atoms with Crippen LogP contribution in [-0.4, -0.2) is 60.1 Å². The van der Waals surface area contributed by atoms with Crippen LogP contribution in [-0.2, 0) is 11.3 Å². The van der Waals surface area contributed by atoms with Crippen molar-refractivity contribution >= 4 is 5.91 Å². The fourth-order valence-electron chi connectivity index (χ4n) is 4.12. The Bertz CT molecular complexity index is 555. The van der Waals surface area contributed by atoms with E-state index in [4.69, 9.17) is 4.74 Å². The van der Waals surface area contributed by atoms with Gasteiger partial charge < -0.3 is 14.6 Å². The summed E-state index contributed by atoms with van der Waals surface area (Å²) < 4.78 is 5.90. The zero-order chi connectivity index (χ0) is 17.8. The number of hydrogen-bond acceptors (Lipinski definition) is 3. The van der Waals surface area contributed by atoms with Gasteiger partial charge in [-0.05, 0) is 56.6 Å². The first kappa shape index (κ1) is 18.5. The molecule has 2 heterocycles. The lowest BCUT2D eigenvalue weighted by Crippen LogP contribution is -2.41. The molecule has 0 bridgehead atoms. The van der Waals surface area contributed by atoms with Crippen LogP contribution in [0, 0.1) is 5.92 Å². The number of nitrogens with one attached hydrogen (secondary N) is 1. The number of hydrogen-bond donors (Lipinski definition) is 1. The molecule has 0 radical (unpaired) electrons. The molecular weight excluding hydrogens is 314 g/mol. The van der Waals surface area contributed by atoms with Gasteiger partial charge in [0.05, 0.1) is 6.10 Å². The third-order valence-electron chi connectivity index (χ3n) is 5.72. The Hall–Kier alpha value is -1.33. The van der Waals surface area contributed by atoms with Crippen LogP contribution in [0.2, 0.25) is 0 Å². The molecule has 1 amide bonds. The third-order valence-corrected chi connectivity index (χ3v) is 5.72. The molecule has 2 fully saturated rings. The van der Waals surface area contributed by atoms with Crippen LogP contribution in [0.25, 0.3) is 0 Å². The Labute approximate surface area is 151 Å². The van der Waals surface area contributed by atoms with Crippen LogP contribution in [0.5, 0.6) is 0 Å². The van der Waals surface area contributed by atoms with E-state index >= 15 is 0 Å². The van der Waals surface area contributed by atoms with Gasteiger partial charge in [-0.1, -0.05) is 6.92 Å². The summed E-state index contributed by atoms with van der Waals surface area (Å²) in [7, 11) is 3.57. The van der Waals surface area contributed by atoms with Crippen molar-refractivity contribution in [3.8, 4) is 0 Å². The molecule has 1 aliphatic carbocycles. The number of nitrogens with zero attached hydrogens (tertiary/aromatic N) is 2. The van der Waals surface area contributed by atoms with Gasteiger partial charge in [0, 0.05) is 45.5 Å². The van der Waals surface area contributed by atoms with E-state index in [0.717, 1.165) is 31.3 Å². The molecule has 1 N–H and O–H groups in total. The molecule has 25 heavy (non-hydrogen) atoms. The summed E-state index contributed by atoms with van der Waals surface area (Å²) in [6, 6.07) is 4.60. The normalized spacial score (nSPS) is 27.0. The van der Waals surface area contributed by atoms with Crippen LogP contribution >= 0.6 is 0 Å². The molecule has 3 rings (SSSR count). The number of carbonyl (C=O) groups is 1. The number of ether oxygens (including phenoxy) is 1. The zero-order valence-electron chi connectivity index (χ0n) is 16.0. The predicted octanol–water partition coefficient (Wildman–Crippen LogP) is 3.28. The summed E-state index contributed by atoms with van der Waals surface area (Å²) in [5, 5.41) is 0. The standard InChI is InChI=1S/C20H33N3O2/c1-15-6-9-17(10-7-15)23(14-18-5-4-12-25-18)13-16-8-11-19(21-16)20(24)22(2)3/h8,11,15,17-18,21H,4-7,9-10,12-14H2,1-3H3/t15?,17?,18-/m0/s1. The second kappa shape index (κ2) is 8.37. The number of rotatable bonds is 6. The van der Waals surface area contributed by atoms with Gasteiger partial charge in [-0.2, -0.15) is 0 Å². The van der Waals surface area contributed by atoms with Crippen molar-refractivity contribution in [2.45, 2.75) is 64.1 Å². The zero-order valence-corrected chi connectivity index (χ0v) is 16.0. The highest BCUT2D eigenvalue weighted by atomic mass is 16.5. The summed E-state index contributed by atoms with van der Waals surface area (Å²) in [5.41, 5.74) is 1.80. The number of carbonyl (C=O) groups excluding carboxylic acids is 1. The molecule has 0 spiro atoms. The van der Waals surface area contributed by atoms with Gasteiger partial charge in [0.15, 0.2) is 0 Å². The fraction of sp³-hybridized carbons (Fsp3) is 0.750. The van der Waals surface area contributed by atoms with Gasteiger partial charge in [0.25, 0.3) is 5.91 Å². The Morgan fingerprint density at radius 1 is 1.20 bits per heavy atom. The number of amides is 1. The van der Waals surface area contributed by atoms with E-state index in [2.05, 4.69) is 22.9 Å². The average molecular weight is 348 g/mol. The van der Waals surface area contributed by atoms with E-state index in [1.807, 2.05) is 6.07 Å². The highest BCUT2D eigenvalue weighted by Crippen LogP contribution is 2.29. The molecule has 2 aliphatic rings. The number of H-pyrrole nitrogens is 1. The molecule has 5 nitrogen and oxygen atoms in total. The maximum atomic E-state index is 12.1. The first-order chi connectivity index (χ1) is 12.0. The largest absolute Gasteiger partial charge is 0.377 e. The van der Waals surface area contributed by atoms with Crippen LogP contribution in [0.3, 0.4) is 0 Å². The highest BCUT2D eigenvalue weighted by Gasteiger charge is 2.28. The third kappa shape index (κ3) is 4.85. The molecule has 1 saturated carbocycles. The minimum atomic E-state index is 0.0309. The Morgan fingerprint density at radius 2 is 1.96 bits per heavy atom. The molecule has 0 aromatic carbocycles. The maximum absolute atomic E-state index is 12.1. The van der Waals surface area contributed by atoms with Crippen molar-refractivity contribution in [1.82, 2.24) is 14.8 Å². The number of aromatic amines is 1. The average Bonchev–Trinajstić information content (AvgIpc) is 3.26. The van der Waals surface area contributed by atoms with E-state index in [0.29, 0.717) is 17.8 Å². The Kier molecular flexibility index (Phi) is 6.18. The quantitative estimate of drug-likeness (QED) is 0.859. The summed E-state index contributed by atoms with van der Waals surface area (Å²) in [6.45, 7) is 5.16. The molecule has 5 heteroatoms. The molecule has 1 atom stereocenters. The Balaban J connectivity index is 1.67. The molecule has 140 valence electrons. The Morgan fingerprint density at radius 3 is 2.60 bits per heavy atom. The summed E-state index contributed by atoms with van der Waals surface area (Å²) >= 11 is 0. The van der Waals surface area contributed by atoms with Crippen LogP contribution in [0.1, 0.15) is 61.6 Å². The van der Waals surface area contributed by atoms with Crippen molar-refractivity contribution < 1.29 is 9.53 Å². The van der Waals surface area contributed by atoms with E-state index in [1.165, 1.54) is 38.5 Å². The second-order valence-electron chi connectivity index (χ2n) is 8.07. The van der Waals surface area contributed by atoms with Gasteiger partial charge >= 0.3 is 0 Å². The number of aromatic nitrogens is 1. The van der Waals surface area contributed by atoms with Gasteiger partial charge in [-0.15, -0.1) is 0 Å². The lowest BCUT2D eigenvalue weighted by molar-refractivity contribution is 0.0405. The lowest BCUT2D eigenvalue weighted by atomic mass is 9.86. The smallest absolute Gasteiger partial charge is 0.269 e. The summed E-state index contributed by atoms with van der Waals surface area (Å²) in [6.07, 6.45) is 7.93.